The summed E-state index contributed by atoms with van der Waals surface area (Å²) < 4.78 is 16.9. The number of nitrogens with zero attached hydrogens (tertiary/aromatic N) is 1. The van der Waals surface area contributed by atoms with Gasteiger partial charge in [-0.05, 0) is 19.3 Å². The summed E-state index contributed by atoms with van der Waals surface area (Å²) in [6.07, 6.45) is 21.1. The minimum atomic E-state index is -4.88. The number of unbranched alkanes of at least 4 members (excludes halogenated alkanes) is 13. The van der Waals surface area contributed by atoms with Gasteiger partial charge in [-0.2, -0.15) is 0 Å². The van der Waals surface area contributed by atoms with Gasteiger partial charge in [0.2, 0.25) is 0 Å². The molecule has 0 heterocycles. The number of aliphatic hydroxyl groups is 1. The molecule has 4 atom stereocenters. The lowest BCUT2D eigenvalue weighted by Gasteiger charge is -2.37. The molecule has 0 radical (unpaired) electrons. The summed E-state index contributed by atoms with van der Waals surface area (Å²) in [5.74, 6) is 0.608. The van der Waals surface area contributed by atoms with Crippen molar-refractivity contribution in [1.29, 1.82) is 0 Å². The fourth-order valence-electron chi connectivity index (χ4n) is 5.40. The Morgan fingerprint density at radius 1 is 0.694 bits per heavy atom. The molecule has 6 nitrogen and oxygen atoms in total. The third-order valence-electron chi connectivity index (χ3n) is 7.41. The van der Waals surface area contributed by atoms with E-state index in [0.29, 0.717) is 23.4 Å². The number of hydrogen-bond donors (Lipinski definition) is 2. The van der Waals surface area contributed by atoms with Crippen molar-refractivity contribution in [2.75, 3.05) is 27.2 Å². The van der Waals surface area contributed by atoms with Crippen LogP contribution in [0.4, 0.5) is 0 Å². The molecular formula is C29H62NO5P. The summed E-state index contributed by atoms with van der Waals surface area (Å²) in [5.41, 5.74) is 0. The van der Waals surface area contributed by atoms with Crippen molar-refractivity contribution in [2.24, 2.45) is 5.92 Å². The minimum absolute atomic E-state index is 0.415. The number of rotatable bonds is 26. The summed E-state index contributed by atoms with van der Waals surface area (Å²) >= 11 is 0. The van der Waals surface area contributed by atoms with Crippen molar-refractivity contribution < 1.29 is 28.5 Å². The van der Waals surface area contributed by atoms with E-state index in [2.05, 4.69) is 27.9 Å². The summed E-state index contributed by atoms with van der Waals surface area (Å²) in [6.45, 7) is 7.91. The summed E-state index contributed by atoms with van der Waals surface area (Å²) in [7, 11) is -0.638. The average molecular weight is 536 g/mol. The van der Waals surface area contributed by atoms with Crippen LogP contribution >= 0.6 is 7.82 Å². The molecule has 0 spiro atoms. The van der Waals surface area contributed by atoms with Crippen LogP contribution in [0.15, 0.2) is 0 Å². The molecular weight excluding hydrogens is 473 g/mol. The Kier molecular flexibility index (Phi) is 21.9. The highest BCUT2D eigenvalue weighted by atomic mass is 31.2. The second kappa shape index (κ2) is 21.9. The fourth-order valence-corrected chi connectivity index (χ4v) is 5.98. The maximum atomic E-state index is 11.4. The van der Waals surface area contributed by atoms with E-state index in [9.17, 15) is 19.5 Å². The monoisotopic (exact) mass is 535 g/mol. The first-order chi connectivity index (χ1) is 17.0. The van der Waals surface area contributed by atoms with Crippen LogP contribution in [0.3, 0.4) is 0 Å². The van der Waals surface area contributed by atoms with Crippen molar-refractivity contribution in [3.05, 3.63) is 0 Å². The SMILES string of the molecule is CCCCCCCCCCC(CCCCCCCC)C[N+](C)(C)CC(O)C(CCCC)OP(=O)([O-])O. The highest BCUT2D eigenvalue weighted by Gasteiger charge is 2.31. The number of likely N-dealkylation sites (N-methyl/N-ethyl adjacent to an activating group) is 1. The van der Waals surface area contributed by atoms with Gasteiger partial charge in [0.15, 0.2) is 0 Å². The fraction of sp³-hybridized carbons (Fsp3) is 1.00. The molecule has 0 bridgehead atoms. The van der Waals surface area contributed by atoms with Crippen LogP contribution in [-0.4, -0.2) is 53.9 Å². The number of quaternary nitrogens is 1. The van der Waals surface area contributed by atoms with Gasteiger partial charge in [0.1, 0.15) is 12.6 Å². The van der Waals surface area contributed by atoms with Crippen LogP contribution < -0.4 is 4.89 Å². The predicted molar refractivity (Wildman–Crippen MR) is 151 cm³/mol. The van der Waals surface area contributed by atoms with Crippen molar-refractivity contribution in [3.8, 4) is 0 Å². The Hall–Kier alpha value is 0.0300. The number of phosphoric ester groups is 1. The Labute approximate surface area is 224 Å². The molecule has 4 unspecified atom stereocenters. The van der Waals surface area contributed by atoms with Gasteiger partial charge in [-0.3, -0.25) is 4.57 Å². The second-order valence-corrected chi connectivity index (χ2v) is 13.0. The van der Waals surface area contributed by atoms with E-state index in [4.69, 9.17) is 4.52 Å². The normalized spacial score (nSPS) is 16.6. The first-order valence-electron chi connectivity index (χ1n) is 15.3. The molecule has 0 aromatic carbocycles. The van der Waals surface area contributed by atoms with E-state index in [1.54, 1.807) is 0 Å². The molecule has 7 heteroatoms. The van der Waals surface area contributed by atoms with E-state index in [1.807, 2.05) is 6.92 Å². The maximum Gasteiger partial charge on any atom is 0.265 e. The molecule has 0 aromatic rings. The van der Waals surface area contributed by atoms with E-state index < -0.39 is 20.0 Å². The largest absolute Gasteiger partial charge is 0.756 e. The standard InChI is InChI=1S/C29H62NO5P/c1-6-9-12-14-16-17-19-21-23-27(22-20-18-15-13-10-7-2)25-30(4,5)26-28(31)29(24-11-8-3)35-36(32,33)34/h27-29,31H,6-26H2,1-5H3,(H-,32,33,34). The van der Waals surface area contributed by atoms with E-state index in [1.165, 1.54) is 103 Å². The van der Waals surface area contributed by atoms with Crippen LogP contribution in [0.2, 0.25) is 0 Å². The van der Waals surface area contributed by atoms with Crippen molar-refractivity contribution in [3.63, 3.8) is 0 Å². The Morgan fingerprint density at radius 3 is 1.53 bits per heavy atom. The molecule has 0 amide bonds. The van der Waals surface area contributed by atoms with Gasteiger partial charge >= 0.3 is 0 Å². The quantitative estimate of drug-likeness (QED) is 0.0686. The molecule has 0 saturated heterocycles. The smallest absolute Gasteiger partial charge is 0.265 e. The molecule has 2 N–H and O–H groups in total. The predicted octanol–water partition coefficient (Wildman–Crippen LogP) is 7.36. The lowest BCUT2D eigenvalue weighted by molar-refractivity contribution is -0.897. The van der Waals surface area contributed by atoms with E-state index in [-0.39, 0.29) is 0 Å². The highest BCUT2D eigenvalue weighted by molar-refractivity contribution is 7.44. The lowest BCUT2D eigenvalue weighted by Crippen LogP contribution is -2.51. The van der Waals surface area contributed by atoms with Crippen molar-refractivity contribution in [1.82, 2.24) is 0 Å². The van der Waals surface area contributed by atoms with Gasteiger partial charge in [-0.25, -0.2) is 0 Å². The molecule has 0 aromatic heterocycles. The van der Waals surface area contributed by atoms with Gasteiger partial charge in [-0.1, -0.05) is 124 Å². The first kappa shape index (κ1) is 36.0. The molecule has 0 rings (SSSR count). The second-order valence-electron chi connectivity index (χ2n) is 11.8. The van der Waals surface area contributed by atoms with E-state index in [0.717, 1.165) is 19.4 Å². The summed E-state index contributed by atoms with van der Waals surface area (Å²) in [5, 5.41) is 10.9. The van der Waals surface area contributed by atoms with Crippen molar-refractivity contribution in [2.45, 2.75) is 155 Å². The number of phosphoric acid groups is 1. The van der Waals surface area contributed by atoms with Crippen LogP contribution in [0, 0.1) is 5.92 Å². The molecule has 0 aliphatic carbocycles. The minimum Gasteiger partial charge on any atom is -0.756 e. The Balaban J connectivity index is 4.83. The zero-order valence-corrected chi connectivity index (χ0v) is 25.5. The average Bonchev–Trinajstić information content (AvgIpc) is 2.79. The lowest BCUT2D eigenvalue weighted by atomic mass is 9.92. The van der Waals surface area contributed by atoms with Gasteiger partial charge in [0.05, 0.1) is 26.7 Å². The molecule has 0 aliphatic rings. The molecule has 0 saturated carbocycles. The molecule has 218 valence electrons. The van der Waals surface area contributed by atoms with Crippen molar-refractivity contribution >= 4 is 7.82 Å². The third-order valence-corrected chi connectivity index (χ3v) is 7.94. The zero-order valence-electron chi connectivity index (χ0n) is 24.6. The van der Waals surface area contributed by atoms with Crippen LogP contribution in [-0.2, 0) is 9.09 Å². The summed E-state index contributed by atoms with van der Waals surface area (Å²) in [4.78, 5) is 20.6. The Morgan fingerprint density at radius 2 is 1.11 bits per heavy atom. The Bertz CT molecular complexity index is 540. The third kappa shape index (κ3) is 22.1. The first-order valence-corrected chi connectivity index (χ1v) is 16.8. The molecule has 0 fully saturated rings. The van der Waals surface area contributed by atoms with Gasteiger partial charge in [-0.15, -0.1) is 0 Å². The van der Waals surface area contributed by atoms with Crippen LogP contribution in [0.1, 0.15) is 143 Å². The maximum absolute atomic E-state index is 11.4. The molecule has 0 aliphatic heterocycles. The summed E-state index contributed by atoms with van der Waals surface area (Å²) in [6, 6.07) is 0. The number of hydrogen-bond acceptors (Lipinski definition) is 4. The highest BCUT2D eigenvalue weighted by Crippen LogP contribution is 2.35. The van der Waals surface area contributed by atoms with Gasteiger partial charge < -0.3 is 23.9 Å². The number of aliphatic hydroxyl groups excluding tert-OH is 1. The van der Waals surface area contributed by atoms with Gasteiger partial charge in [0, 0.05) is 5.92 Å². The van der Waals surface area contributed by atoms with Crippen LogP contribution in [0.25, 0.3) is 0 Å². The topological polar surface area (TPSA) is 89.8 Å². The van der Waals surface area contributed by atoms with Gasteiger partial charge in [0.25, 0.3) is 7.82 Å². The van der Waals surface area contributed by atoms with Crippen LogP contribution in [0.5, 0.6) is 0 Å². The van der Waals surface area contributed by atoms with E-state index >= 15 is 0 Å². The molecule has 36 heavy (non-hydrogen) atoms. The zero-order chi connectivity index (χ0) is 27.3.